The van der Waals surface area contributed by atoms with Crippen molar-refractivity contribution < 1.29 is 27.8 Å². The highest BCUT2D eigenvalue weighted by atomic mass is 19.4. The maximum atomic E-state index is 12.1. The first-order valence-electron chi connectivity index (χ1n) is 5.09. The largest absolute Gasteiger partial charge is 0.411 e. The molecule has 3 nitrogen and oxygen atoms in total. The smallest absolute Gasteiger partial charge is 0.379 e. The summed E-state index contributed by atoms with van der Waals surface area (Å²) in [5.41, 5.74) is -3.02. The third-order valence-electron chi connectivity index (χ3n) is 3.51. The molecule has 0 unspecified atom stereocenters. The Labute approximate surface area is 97.3 Å². The molecule has 0 aromatic carbocycles. The zero-order valence-corrected chi connectivity index (χ0v) is 10.1. The van der Waals surface area contributed by atoms with Gasteiger partial charge < -0.3 is 9.84 Å². The van der Waals surface area contributed by atoms with E-state index in [9.17, 15) is 23.1 Å². The minimum atomic E-state index is -4.50. The fraction of sp³-hybridized carbons (Fsp3) is 0.727. The van der Waals surface area contributed by atoms with Gasteiger partial charge in [-0.2, -0.15) is 13.2 Å². The molecule has 0 spiro atoms. The number of halogens is 3. The molecule has 17 heavy (non-hydrogen) atoms. The van der Waals surface area contributed by atoms with Gasteiger partial charge >= 0.3 is 6.18 Å². The lowest BCUT2D eigenvalue weighted by atomic mass is 9.84. The lowest BCUT2D eigenvalue weighted by Crippen LogP contribution is -2.54. The van der Waals surface area contributed by atoms with Crippen molar-refractivity contribution >= 4 is 5.78 Å². The van der Waals surface area contributed by atoms with E-state index in [0.29, 0.717) is 5.57 Å². The average molecular weight is 252 g/mol. The highest BCUT2D eigenvalue weighted by molar-refractivity contribution is 6.06. The van der Waals surface area contributed by atoms with Crippen LogP contribution in [0.3, 0.4) is 0 Å². The number of carbonyl (C=O) groups excluding carboxylic acids is 1. The summed E-state index contributed by atoms with van der Waals surface area (Å²) < 4.78 is 41.2. The second-order valence-corrected chi connectivity index (χ2v) is 4.59. The second-order valence-electron chi connectivity index (χ2n) is 4.59. The average Bonchev–Trinajstić information content (AvgIpc) is 2.29. The van der Waals surface area contributed by atoms with Crippen LogP contribution in [0.1, 0.15) is 27.7 Å². The third kappa shape index (κ3) is 2.11. The third-order valence-corrected chi connectivity index (χ3v) is 3.51. The Kier molecular flexibility index (Phi) is 3.18. The molecule has 0 amide bonds. The molecule has 6 heteroatoms. The van der Waals surface area contributed by atoms with Gasteiger partial charge in [-0.25, -0.2) is 0 Å². The summed E-state index contributed by atoms with van der Waals surface area (Å²) in [5.74, 6) is -0.598. The molecular formula is C11H15F3O3. The van der Waals surface area contributed by atoms with Crippen molar-refractivity contribution in [3.05, 3.63) is 11.1 Å². The normalized spacial score (nSPS) is 34.7. The standard InChI is InChI=1S/C11H15F3O3/c1-6-7(2)10(4,9(3,16)8(6)15)17-5-11(12,13)14/h16H,5H2,1-4H3/t9-,10-/m0/s1. The van der Waals surface area contributed by atoms with E-state index in [1.807, 2.05) is 0 Å². The number of alkyl halides is 3. The van der Waals surface area contributed by atoms with Crippen LogP contribution in [0.25, 0.3) is 0 Å². The van der Waals surface area contributed by atoms with Crippen LogP contribution >= 0.6 is 0 Å². The van der Waals surface area contributed by atoms with E-state index in [0.717, 1.165) is 0 Å². The summed E-state index contributed by atoms with van der Waals surface area (Å²) in [5, 5.41) is 10.0. The van der Waals surface area contributed by atoms with Crippen LogP contribution < -0.4 is 0 Å². The van der Waals surface area contributed by atoms with Gasteiger partial charge in [-0.1, -0.05) is 0 Å². The van der Waals surface area contributed by atoms with Crippen molar-refractivity contribution in [2.75, 3.05) is 6.61 Å². The van der Waals surface area contributed by atoms with E-state index in [-0.39, 0.29) is 5.57 Å². The van der Waals surface area contributed by atoms with Crippen LogP contribution in [-0.4, -0.2) is 34.9 Å². The van der Waals surface area contributed by atoms with Crippen LogP contribution in [0.4, 0.5) is 13.2 Å². The number of rotatable bonds is 2. The summed E-state index contributed by atoms with van der Waals surface area (Å²) in [6.45, 7) is 3.92. The number of ether oxygens (including phenoxy) is 1. The Bertz CT molecular complexity index is 382. The first-order chi connectivity index (χ1) is 7.43. The predicted octanol–water partition coefficient (Wildman–Crippen LogP) is 1.99. The number of hydrogen-bond donors (Lipinski definition) is 1. The number of ketones is 1. The Hall–Kier alpha value is -0.880. The molecule has 0 saturated heterocycles. The zero-order chi connectivity index (χ0) is 13.6. The molecule has 1 aliphatic carbocycles. The van der Waals surface area contributed by atoms with Crippen LogP contribution in [0.5, 0.6) is 0 Å². The summed E-state index contributed by atoms with van der Waals surface area (Å²) >= 11 is 0. The maximum Gasteiger partial charge on any atom is 0.411 e. The fourth-order valence-corrected chi connectivity index (χ4v) is 1.95. The molecule has 0 aromatic rings. The van der Waals surface area contributed by atoms with Crippen molar-refractivity contribution in [2.45, 2.75) is 45.1 Å². The van der Waals surface area contributed by atoms with Crippen molar-refractivity contribution in [3.8, 4) is 0 Å². The molecule has 2 atom stereocenters. The Morgan fingerprint density at radius 1 is 1.29 bits per heavy atom. The molecule has 0 aliphatic heterocycles. The second kappa shape index (κ2) is 3.81. The van der Waals surface area contributed by atoms with Crippen LogP contribution in [0, 0.1) is 0 Å². The molecular weight excluding hydrogens is 237 g/mol. The molecule has 0 bridgehead atoms. The lowest BCUT2D eigenvalue weighted by Gasteiger charge is -2.37. The minimum Gasteiger partial charge on any atom is -0.379 e. The molecule has 0 saturated carbocycles. The minimum absolute atomic E-state index is 0.250. The van der Waals surface area contributed by atoms with Gasteiger partial charge in [0, 0.05) is 0 Å². The fourth-order valence-electron chi connectivity index (χ4n) is 1.95. The first kappa shape index (κ1) is 14.2. The Morgan fingerprint density at radius 2 is 1.76 bits per heavy atom. The topological polar surface area (TPSA) is 46.5 Å². The first-order valence-corrected chi connectivity index (χ1v) is 5.09. The van der Waals surface area contributed by atoms with E-state index in [2.05, 4.69) is 0 Å². The van der Waals surface area contributed by atoms with Crippen molar-refractivity contribution in [3.63, 3.8) is 0 Å². The van der Waals surface area contributed by atoms with Gasteiger partial charge in [0.2, 0.25) is 0 Å². The lowest BCUT2D eigenvalue weighted by molar-refractivity contribution is -0.221. The molecule has 1 aliphatic rings. The maximum absolute atomic E-state index is 12.1. The van der Waals surface area contributed by atoms with Gasteiger partial charge in [0.25, 0.3) is 0 Å². The molecule has 0 fully saturated rings. The molecule has 0 radical (unpaired) electrons. The van der Waals surface area contributed by atoms with Crippen molar-refractivity contribution in [1.82, 2.24) is 0 Å². The van der Waals surface area contributed by atoms with Crippen LogP contribution in [0.2, 0.25) is 0 Å². The van der Waals surface area contributed by atoms with Crippen molar-refractivity contribution in [1.29, 1.82) is 0 Å². The molecule has 98 valence electrons. The van der Waals surface area contributed by atoms with Crippen LogP contribution in [-0.2, 0) is 9.53 Å². The number of carbonyl (C=O) groups is 1. The molecule has 0 aromatic heterocycles. The SMILES string of the molecule is CC1=C(C)[C@](C)(OCC(F)(F)F)[C@@](C)(O)C1=O. The number of Topliss-reactive ketones (excluding diaryl/α,β-unsaturated/α-hetero) is 1. The van der Waals surface area contributed by atoms with Gasteiger partial charge in [0.1, 0.15) is 12.2 Å². The van der Waals surface area contributed by atoms with E-state index >= 15 is 0 Å². The van der Waals surface area contributed by atoms with Crippen molar-refractivity contribution in [2.24, 2.45) is 0 Å². The number of hydrogen-bond acceptors (Lipinski definition) is 3. The van der Waals surface area contributed by atoms with E-state index < -0.39 is 29.8 Å². The molecule has 1 rings (SSSR count). The zero-order valence-electron chi connectivity index (χ0n) is 10.1. The summed E-state index contributed by atoms with van der Waals surface area (Å²) in [7, 11) is 0. The quantitative estimate of drug-likeness (QED) is 0.817. The summed E-state index contributed by atoms with van der Waals surface area (Å²) in [6.07, 6.45) is -4.50. The molecule has 1 N–H and O–H groups in total. The number of aliphatic hydroxyl groups is 1. The monoisotopic (exact) mass is 252 g/mol. The Balaban J connectivity index is 3.06. The summed E-state index contributed by atoms with van der Waals surface area (Å²) in [4.78, 5) is 11.7. The Morgan fingerprint density at radius 3 is 2.06 bits per heavy atom. The van der Waals surface area contributed by atoms with Gasteiger partial charge in [-0.05, 0) is 38.8 Å². The predicted molar refractivity (Wildman–Crippen MR) is 54.4 cm³/mol. The van der Waals surface area contributed by atoms with Gasteiger partial charge in [-0.15, -0.1) is 0 Å². The highest BCUT2D eigenvalue weighted by Gasteiger charge is 2.58. The van der Waals surface area contributed by atoms with E-state index in [1.54, 1.807) is 0 Å². The summed E-state index contributed by atoms with van der Waals surface area (Å²) in [6, 6.07) is 0. The highest BCUT2D eigenvalue weighted by Crippen LogP contribution is 2.43. The molecule has 0 heterocycles. The van der Waals surface area contributed by atoms with Gasteiger partial charge in [0.15, 0.2) is 11.4 Å². The van der Waals surface area contributed by atoms with E-state index in [1.165, 1.54) is 27.7 Å². The van der Waals surface area contributed by atoms with Crippen LogP contribution in [0.15, 0.2) is 11.1 Å². The van der Waals surface area contributed by atoms with Gasteiger partial charge in [-0.3, -0.25) is 4.79 Å². The van der Waals surface area contributed by atoms with E-state index in [4.69, 9.17) is 4.74 Å². The van der Waals surface area contributed by atoms with Gasteiger partial charge in [0.05, 0.1) is 0 Å².